The third kappa shape index (κ3) is 1.89. The Morgan fingerprint density at radius 2 is 2.29 bits per heavy atom. The quantitative estimate of drug-likeness (QED) is 0.606. The standard InChI is InChI=1S/C8H4N2O3S/c9-4-6-5(8(11)12)2-1-3-7(6)14-10-13/h1-3H,(H,11,12). The number of rotatable bonds is 3. The van der Waals surface area contributed by atoms with Gasteiger partial charge in [0.2, 0.25) is 0 Å². The van der Waals surface area contributed by atoms with Crippen molar-refractivity contribution in [3.8, 4) is 6.07 Å². The summed E-state index contributed by atoms with van der Waals surface area (Å²) in [5.74, 6) is -1.20. The van der Waals surface area contributed by atoms with Crippen molar-refractivity contribution < 1.29 is 9.90 Å². The first-order valence-corrected chi connectivity index (χ1v) is 4.24. The minimum atomic E-state index is -1.20. The van der Waals surface area contributed by atoms with Crippen molar-refractivity contribution in [3.05, 3.63) is 34.2 Å². The normalized spacial score (nSPS) is 9.07. The molecule has 0 bridgehead atoms. The summed E-state index contributed by atoms with van der Waals surface area (Å²) in [6.07, 6.45) is 0. The first kappa shape index (κ1) is 10.2. The molecule has 0 saturated heterocycles. The van der Waals surface area contributed by atoms with Gasteiger partial charge in [0.25, 0.3) is 0 Å². The number of carboxylic acids is 1. The molecule has 6 heteroatoms. The Morgan fingerprint density at radius 3 is 2.79 bits per heavy atom. The summed E-state index contributed by atoms with van der Waals surface area (Å²) in [5, 5.41) is 17.4. The lowest BCUT2D eigenvalue weighted by molar-refractivity contribution is 0.0696. The summed E-state index contributed by atoms with van der Waals surface area (Å²) in [4.78, 5) is 20.9. The Bertz CT molecular complexity index is 425. The molecule has 0 aromatic heterocycles. The molecule has 1 aromatic carbocycles. The van der Waals surface area contributed by atoms with Crippen LogP contribution in [0.5, 0.6) is 0 Å². The largest absolute Gasteiger partial charge is 0.478 e. The summed E-state index contributed by atoms with van der Waals surface area (Å²) >= 11 is 0.542. The molecular formula is C8H4N2O3S. The Balaban J connectivity index is 3.33. The zero-order valence-electron chi connectivity index (χ0n) is 6.80. The van der Waals surface area contributed by atoms with Crippen molar-refractivity contribution in [2.45, 2.75) is 4.90 Å². The lowest BCUT2D eigenvalue weighted by Gasteiger charge is -2.00. The van der Waals surface area contributed by atoms with Gasteiger partial charge in [-0.25, -0.2) is 4.79 Å². The number of nitriles is 1. The van der Waals surface area contributed by atoms with Crippen LogP contribution in [0.15, 0.2) is 27.7 Å². The fourth-order valence-electron chi connectivity index (χ4n) is 0.941. The van der Waals surface area contributed by atoms with Gasteiger partial charge in [-0.15, -0.1) is 4.91 Å². The summed E-state index contributed by atoms with van der Waals surface area (Å²) < 4.78 is 2.54. The molecule has 14 heavy (non-hydrogen) atoms. The van der Waals surface area contributed by atoms with Crippen LogP contribution in [0.25, 0.3) is 0 Å². The highest BCUT2D eigenvalue weighted by Gasteiger charge is 2.13. The molecule has 70 valence electrons. The van der Waals surface area contributed by atoms with E-state index in [9.17, 15) is 9.70 Å². The molecular weight excluding hydrogens is 204 g/mol. The maximum Gasteiger partial charge on any atom is 0.337 e. The first-order valence-electron chi connectivity index (χ1n) is 3.46. The first-order chi connectivity index (χ1) is 6.70. The SMILES string of the molecule is N#Cc1c(SN=O)cccc1C(=O)O. The van der Waals surface area contributed by atoms with Crippen LogP contribution < -0.4 is 0 Å². The van der Waals surface area contributed by atoms with E-state index < -0.39 is 5.97 Å². The molecule has 0 unspecified atom stereocenters. The van der Waals surface area contributed by atoms with Crippen molar-refractivity contribution in [1.82, 2.24) is 0 Å². The maximum atomic E-state index is 10.7. The molecule has 0 aliphatic rings. The van der Waals surface area contributed by atoms with Gasteiger partial charge >= 0.3 is 5.97 Å². The van der Waals surface area contributed by atoms with Crippen LogP contribution in [0.3, 0.4) is 0 Å². The summed E-state index contributed by atoms with van der Waals surface area (Å²) in [6, 6.07) is 5.96. The van der Waals surface area contributed by atoms with Gasteiger partial charge in [0.15, 0.2) is 0 Å². The maximum absolute atomic E-state index is 10.7. The van der Waals surface area contributed by atoms with E-state index in [2.05, 4.69) is 4.58 Å². The van der Waals surface area contributed by atoms with Gasteiger partial charge in [0, 0.05) is 4.58 Å². The minimum absolute atomic E-state index is 0.0374. The van der Waals surface area contributed by atoms with E-state index in [1.165, 1.54) is 18.2 Å². The highest BCUT2D eigenvalue weighted by molar-refractivity contribution is 7.98. The van der Waals surface area contributed by atoms with E-state index >= 15 is 0 Å². The van der Waals surface area contributed by atoms with Crippen molar-refractivity contribution in [2.24, 2.45) is 4.58 Å². The Morgan fingerprint density at radius 1 is 1.57 bits per heavy atom. The molecule has 0 aliphatic heterocycles. The molecule has 1 aromatic rings. The number of aromatic carboxylic acids is 1. The average molecular weight is 208 g/mol. The number of benzene rings is 1. The van der Waals surface area contributed by atoms with Crippen LogP contribution in [0, 0.1) is 16.2 Å². The highest BCUT2D eigenvalue weighted by Crippen LogP contribution is 2.25. The predicted octanol–water partition coefficient (Wildman–Crippen LogP) is 2.03. The monoisotopic (exact) mass is 208 g/mol. The van der Waals surface area contributed by atoms with Gasteiger partial charge in [-0.2, -0.15) is 5.26 Å². The molecule has 0 saturated carbocycles. The second kappa shape index (κ2) is 4.39. The van der Waals surface area contributed by atoms with E-state index in [0.717, 1.165) is 0 Å². The zero-order valence-corrected chi connectivity index (χ0v) is 7.61. The average Bonchev–Trinajstić information content (AvgIpc) is 2.18. The molecule has 0 radical (unpaired) electrons. The van der Waals surface area contributed by atoms with Crippen LogP contribution >= 0.6 is 11.9 Å². The predicted molar refractivity (Wildman–Crippen MR) is 49.8 cm³/mol. The topological polar surface area (TPSA) is 90.5 Å². The smallest absolute Gasteiger partial charge is 0.337 e. The Hall–Kier alpha value is -1.87. The van der Waals surface area contributed by atoms with Crippen LogP contribution in [0.2, 0.25) is 0 Å². The number of carboxylic acid groups (broad SMARTS) is 1. The Labute approximate surface area is 83.5 Å². The van der Waals surface area contributed by atoms with E-state index in [1.54, 1.807) is 6.07 Å². The number of nitroso groups, excluding NO2 is 1. The number of hydrogen-bond donors (Lipinski definition) is 1. The lowest BCUT2D eigenvalue weighted by Crippen LogP contribution is -2.00. The Kier molecular flexibility index (Phi) is 3.20. The van der Waals surface area contributed by atoms with Crippen LogP contribution in [0.4, 0.5) is 0 Å². The molecule has 5 nitrogen and oxygen atoms in total. The lowest BCUT2D eigenvalue weighted by atomic mass is 10.1. The number of nitrogens with zero attached hydrogens (tertiary/aromatic N) is 2. The number of hydrogen-bond acceptors (Lipinski definition) is 5. The molecule has 1 rings (SSSR count). The fourth-order valence-corrected chi connectivity index (χ4v) is 1.41. The molecule has 0 fully saturated rings. The van der Waals surface area contributed by atoms with Crippen molar-refractivity contribution in [3.63, 3.8) is 0 Å². The van der Waals surface area contributed by atoms with Crippen molar-refractivity contribution >= 4 is 17.9 Å². The van der Waals surface area contributed by atoms with Gasteiger partial charge in [-0.1, -0.05) is 6.07 Å². The fraction of sp³-hybridized carbons (Fsp3) is 0. The van der Waals surface area contributed by atoms with Gasteiger partial charge in [-0.3, -0.25) is 0 Å². The third-order valence-electron chi connectivity index (χ3n) is 1.50. The molecule has 0 aliphatic carbocycles. The second-order valence-corrected chi connectivity index (χ2v) is 3.03. The molecule has 0 spiro atoms. The summed E-state index contributed by atoms with van der Waals surface area (Å²) in [6.45, 7) is 0. The van der Waals surface area contributed by atoms with Crippen molar-refractivity contribution in [1.29, 1.82) is 5.26 Å². The summed E-state index contributed by atoms with van der Waals surface area (Å²) in [7, 11) is 0. The van der Waals surface area contributed by atoms with Crippen molar-refractivity contribution in [2.75, 3.05) is 0 Å². The molecule has 0 atom stereocenters. The van der Waals surface area contributed by atoms with Crippen LogP contribution in [0.1, 0.15) is 15.9 Å². The van der Waals surface area contributed by atoms with Gasteiger partial charge in [-0.05, 0) is 12.1 Å². The molecule has 0 heterocycles. The van der Waals surface area contributed by atoms with E-state index in [0.29, 0.717) is 11.9 Å². The molecule has 0 amide bonds. The summed E-state index contributed by atoms with van der Waals surface area (Å²) in [5.41, 5.74) is -0.161. The van der Waals surface area contributed by atoms with E-state index in [4.69, 9.17) is 10.4 Å². The van der Waals surface area contributed by atoms with Crippen LogP contribution in [-0.4, -0.2) is 11.1 Å². The second-order valence-electron chi connectivity index (χ2n) is 2.26. The number of carbonyl (C=O) groups is 1. The molecule has 1 N–H and O–H groups in total. The zero-order chi connectivity index (χ0) is 10.6. The highest BCUT2D eigenvalue weighted by atomic mass is 32.2. The van der Waals surface area contributed by atoms with Gasteiger partial charge in [0.1, 0.15) is 6.07 Å². The third-order valence-corrected chi connectivity index (χ3v) is 2.12. The van der Waals surface area contributed by atoms with Crippen LogP contribution in [-0.2, 0) is 0 Å². The van der Waals surface area contributed by atoms with Gasteiger partial charge < -0.3 is 5.11 Å². The minimum Gasteiger partial charge on any atom is -0.478 e. The van der Waals surface area contributed by atoms with E-state index in [1.807, 2.05) is 0 Å². The van der Waals surface area contributed by atoms with E-state index in [-0.39, 0.29) is 16.0 Å². The van der Waals surface area contributed by atoms with Gasteiger partial charge in [0.05, 0.1) is 28.0 Å².